The first-order chi connectivity index (χ1) is 13.7. The largest absolute Gasteiger partial charge is 0.387 e. The van der Waals surface area contributed by atoms with E-state index in [0.717, 1.165) is 50.9 Å². The summed E-state index contributed by atoms with van der Waals surface area (Å²) in [6, 6.07) is 3.68. The standard InChI is InChI=1S/C21H35N5O2.HI/c1-2-23-20(24-16-19(27)18-6-10-22-11-7-18)25-17-21(8-4-3-5-9-21)26-12-14-28-15-13-26;/h6-7,10-11,19,27H,2-5,8-9,12-17H2,1H3,(H2,23,24,25);1H. The number of pyridine rings is 1. The maximum Gasteiger partial charge on any atom is 0.191 e. The van der Waals surface area contributed by atoms with Crippen LogP contribution in [0.5, 0.6) is 0 Å². The van der Waals surface area contributed by atoms with Crippen LogP contribution in [0.25, 0.3) is 0 Å². The first-order valence-corrected chi connectivity index (χ1v) is 10.7. The molecule has 0 spiro atoms. The Morgan fingerprint density at radius 3 is 2.55 bits per heavy atom. The summed E-state index contributed by atoms with van der Waals surface area (Å²) >= 11 is 0. The van der Waals surface area contributed by atoms with Crippen molar-refractivity contribution in [3.05, 3.63) is 30.1 Å². The highest BCUT2D eigenvalue weighted by molar-refractivity contribution is 14.0. The maximum absolute atomic E-state index is 10.4. The lowest BCUT2D eigenvalue weighted by Gasteiger charge is -2.47. The zero-order valence-electron chi connectivity index (χ0n) is 17.5. The molecule has 1 aliphatic carbocycles. The Hall–Kier alpha value is -0.970. The highest BCUT2D eigenvalue weighted by atomic mass is 127. The second-order valence-corrected chi connectivity index (χ2v) is 7.76. The molecule has 8 heteroatoms. The molecule has 164 valence electrons. The van der Waals surface area contributed by atoms with Gasteiger partial charge in [0.2, 0.25) is 0 Å². The van der Waals surface area contributed by atoms with Crippen LogP contribution in [0.1, 0.15) is 50.7 Å². The molecule has 0 amide bonds. The van der Waals surface area contributed by atoms with Gasteiger partial charge >= 0.3 is 0 Å². The molecule has 1 unspecified atom stereocenters. The van der Waals surface area contributed by atoms with Crippen molar-refractivity contribution < 1.29 is 9.84 Å². The number of hydrogen-bond donors (Lipinski definition) is 3. The van der Waals surface area contributed by atoms with Crippen LogP contribution < -0.4 is 10.6 Å². The summed E-state index contributed by atoms with van der Waals surface area (Å²) < 4.78 is 5.57. The van der Waals surface area contributed by atoms with Gasteiger partial charge in [-0.25, -0.2) is 0 Å². The van der Waals surface area contributed by atoms with Crippen LogP contribution in [-0.4, -0.2) is 72.4 Å². The number of nitrogens with one attached hydrogen (secondary N) is 2. The zero-order valence-corrected chi connectivity index (χ0v) is 19.8. The first-order valence-electron chi connectivity index (χ1n) is 10.7. The van der Waals surface area contributed by atoms with E-state index in [2.05, 4.69) is 27.4 Å². The van der Waals surface area contributed by atoms with Crippen LogP contribution in [0.15, 0.2) is 29.5 Å². The lowest BCUT2D eigenvalue weighted by Crippen LogP contribution is -2.56. The zero-order chi connectivity index (χ0) is 19.7. The van der Waals surface area contributed by atoms with Gasteiger partial charge in [0, 0.05) is 44.1 Å². The van der Waals surface area contributed by atoms with Crippen LogP contribution in [0.4, 0.5) is 0 Å². The van der Waals surface area contributed by atoms with Crippen LogP contribution in [-0.2, 0) is 4.74 Å². The molecule has 2 fully saturated rings. The molecule has 2 heterocycles. The van der Waals surface area contributed by atoms with Crippen LogP contribution >= 0.6 is 24.0 Å². The number of nitrogens with zero attached hydrogens (tertiary/aromatic N) is 3. The van der Waals surface area contributed by atoms with E-state index >= 15 is 0 Å². The lowest BCUT2D eigenvalue weighted by molar-refractivity contribution is -0.0333. The van der Waals surface area contributed by atoms with Crippen molar-refractivity contribution >= 4 is 29.9 Å². The second kappa shape index (κ2) is 12.7. The molecule has 29 heavy (non-hydrogen) atoms. The van der Waals surface area contributed by atoms with E-state index in [9.17, 15) is 5.11 Å². The lowest BCUT2D eigenvalue weighted by atomic mass is 9.80. The van der Waals surface area contributed by atoms with Gasteiger partial charge in [-0.1, -0.05) is 19.3 Å². The minimum Gasteiger partial charge on any atom is -0.387 e. The SMILES string of the molecule is CCNC(=NCC1(N2CCOCC2)CCCCC1)NCC(O)c1ccncc1.I. The van der Waals surface area contributed by atoms with E-state index in [1.807, 2.05) is 12.1 Å². The molecule has 3 rings (SSSR count). The van der Waals surface area contributed by atoms with Crippen molar-refractivity contribution in [2.45, 2.75) is 50.7 Å². The molecule has 7 nitrogen and oxygen atoms in total. The van der Waals surface area contributed by atoms with E-state index in [-0.39, 0.29) is 29.5 Å². The van der Waals surface area contributed by atoms with E-state index in [1.54, 1.807) is 12.4 Å². The summed E-state index contributed by atoms with van der Waals surface area (Å²) in [7, 11) is 0. The molecular weight excluding hydrogens is 481 g/mol. The molecule has 2 aliphatic rings. The van der Waals surface area contributed by atoms with Crippen LogP contribution in [0, 0.1) is 0 Å². The van der Waals surface area contributed by atoms with Crippen LogP contribution in [0.3, 0.4) is 0 Å². The smallest absolute Gasteiger partial charge is 0.191 e. The third kappa shape index (κ3) is 7.04. The van der Waals surface area contributed by atoms with Gasteiger partial charge < -0.3 is 20.5 Å². The monoisotopic (exact) mass is 517 g/mol. The third-order valence-electron chi connectivity index (χ3n) is 5.90. The number of guanidine groups is 1. The fraction of sp³-hybridized carbons (Fsp3) is 0.714. The average Bonchev–Trinajstić information content (AvgIpc) is 2.77. The summed E-state index contributed by atoms with van der Waals surface area (Å²) in [5.41, 5.74) is 1.00. The first kappa shape index (κ1) is 24.3. The molecule has 0 bridgehead atoms. The molecule has 3 N–H and O–H groups in total. The van der Waals surface area contributed by atoms with Gasteiger partial charge in [0.25, 0.3) is 0 Å². The van der Waals surface area contributed by atoms with Gasteiger partial charge in [0.05, 0.1) is 25.9 Å². The number of rotatable bonds is 7. The van der Waals surface area contributed by atoms with Gasteiger partial charge in [-0.2, -0.15) is 0 Å². The van der Waals surface area contributed by atoms with Crippen molar-refractivity contribution in [2.75, 3.05) is 45.9 Å². The number of aromatic nitrogens is 1. The number of aliphatic imine (C=N–C) groups is 1. The predicted molar refractivity (Wildman–Crippen MR) is 127 cm³/mol. The van der Waals surface area contributed by atoms with Gasteiger partial charge in [0.1, 0.15) is 0 Å². The Kier molecular flexibility index (Phi) is 10.6. The molecule has 1 saturated carbocycles. The van der Waals surface area contributed by atoms with Gasteiger partial charge in [-0.05, 0) is 37.5 Å². The van der Waals surface area contributed by atoms with E-state index in [4.69, 9.17) is 9.73 Å². The van der Waals surface area contributed by atoms with Crippen molar-refractivity contribution in [3.8, 4) is 0 Å². The van der Waals surface area contributed by atoms with E-state index < -0.39 is 6.10 Å². The summed E-state index contributed by atoms with van der Waals surface area (Å²) in [6.07, 6.45) is 9.10. The number of hydrogen-bond acceptors (Lipinski definition) is 5. The molecule has 0 radical (unpaired) electrons. The Bertz CT molecular complexity index is 604. The maximum atomic E-state index is 10.4. The highest BCUT2D eigenvalue weighted by Gasteiger charge is 2.38. The number of morpholine rings is 1. The highest BCUT2D eigenvalue weighted by Crippen LogP contribution is 2.34. The normalized spacial score (nSPS) is 21.1. The Balaban J connectivity index is 0.00000300. The second-order valence-electron chi connectivity index (χ2n) is 7.76. The van der Waals surface area contributed by atoms with Crippen molar-refractivity contribution in [3.63, 3.8) is 0 Å². The van der Waals surface area contributed by atoms with Gasteiger partial charge in [-0.15, -0.1) is 24.0 Å². The Morgan fingerprint density at radius 2 is 1.90 bits per heavy atom. The fourth-order valence-corrected chi connectivity index (χ4v) is 4.29. The quantitative estimate of drug-likeness (QED) is 0.293. The fourth-order valence-electron chi connectivity index (χ4n) is 4.29. The predicted octanol–water partition coefficient (Wildman–Crippen LogP) is 2.32. The minimum absolute atomic E-state index is 0. The molecular formula is C21H36IN5O2. The third-order valence-corrected chi connectivity index (χ3v) is 5.90. The number of aliphatic hydroxyl groups excluding tert-OH is 1. The summed E-state index contributed by atoms with van der Waals surface area (Å²) in [5, 5.41) is 17.0. The molecule has 1 aromatic rings. The molecule has 1 atom stereocenters. The topological polar surface area (TPSA) is 82.0 Å². The molecule has 1 aliphatic heterocycles. The number of aliphatic hydroxyl groups is 1. The van der Waals surface area contributed by atoms with Crippen molar-refractivity contribution in [2.24, 2.45) is 4.99 Å². The van der Waals surface area contributed by atoms with E-state index in [0.29, 0.717) is 6.54 Å². The summed E-state index contributed by atoms with van der Waals surface area (Å²) in [6.45, 7) is 7.70. The van der Waals surface area contributed by atoms with Gasteiger partial charge in [-0.3, -0.25) is 14.9 Å². The average molecular weight is 517 g/mol. The molecule has 0 aromatic carbocycles. The van der Waals surface area contributed by atoms with Gasteiger partial charge in [0.15, 0.2) is 5.96 Å². The number of ether oxygens (including phenoxy) is 1. The van der Waals surface area contributed by atoms with Crippen LogP contribution in [0.2, 0.25) is 0 Å². The Labute approximate surface area is 191 Å². The van der Waals surface area contributed by atoms with E-state index in [1.165, 1.54) is 32.1 Å². The molecule has 1 saturated heterocycles. The number of halogens is 1. The van der Waals surface area contributed by atoms with Crippen molar-refractivity contribution in [1.29, 1.82) is 0 Å². The molecule has 1 aromatic heterocycles. The Morgan fingerprint density at radius 1 is 1.21 bits per heavy atom. The summed E-state index contributed by atoms with van der Waals surface area (Å²) in [5.74, 6) is 0.772. The summed E-state index contributed by atoms with van der Waals surface area (Å²) in [4.78, 5) is 11.5. The van der Waals surface area contributed by atoms with Crippen molar-refractivity contribution in [1.82, 2.24) is 20.5 Å². The minimum atomic E-state index is -0.588.